The zero-order valence-electron chi connectivity index (χ0n) is 53.9. The highest BCUT2D eigenvalue weighted by molar-refractivity contribution is 5.71. The van der Waals surface area contributed by atoms with Crippen molar-refractivity contribution in [3.8, 4) is 0 Å². The largest absolute Gasteiger partial charge is 0.462 e. The lowest BCUT2D eigenvalue weighted by atomic mass is 10.0. The normalized spacial score (nSPS) is 12.3. The van der Waals surface area contributed by atoms with Gasteiger partial charge in [0.1, 0.15) is 13.2 Å². The van der Waals surface area contributed by atoms with Crippen LogP contribution in [-0.4, -0.2) is 37.2 Å². The van der Waals surface area contributed by atoms with Crippen molar-refractivity contribution in [2.45, 2.75) is 393 Å². The van der Waals surface area contributed by atoms with Gasteiger partial charge in [0.2, 0.25) is 0 Å². The summed E-state index contributed by atoms with van der Waals surface area (Å²) in [5.41, 5.74) is 0. The molecule has 0 aliphatic carbocycles. The summed E-state index contributed by atoms with van der Waals surface area (Å²) in [6.45, 7) is 6.69. The molecule has 0 heterocycles. The second kappa shape index (κ2) is 68.9. The van der Waals surface area contributed by atoms with Crippen LogP contribution in [0.1, 0.15) is 387 Å². The lowest BCUT2D eigenvalue weighted by molar-refractivity contribution is -0.167. The molecule has 0 aromatic carbocycles. The Kier molecular flexibility index (Phi) is 66.6. The first-order valence-electron chi connectivity index (χ1n) is 35.6. The van der Waals surface area contributed by atoms with Crippen molar-refractivity contribution in [2.24, 2.45) is 0 Å². The van der Waals surface area contributed by atoms with Gasteiger partial charge < -0.3 is 14.2 Å². The maximum Gasteiger partial charge on any atom is 0.306 e. The van der Waals surface area contributed by atoms with Crippen LogP contribution >= 0.6 is 0 Å². The fourth-order valence-electron chi connectivity index (χ4n) is 10.7. The minimum absolute atomic E-state index is 0.0749. The minimum atomic E-state index is -0.781. The van der Waals surface area contributed by atoms with E-state index in [4.69, 9.17) is 14.2 Å². The number of carbonyl (C=O) groups is 3. The smallest absolute Gasteiger partial charge is 0.306 e. The first-order chi connectivity index (χ1) is 39.5. The molecule has 1 unspecified atom stereocenters. The first-order valence-corrected chi connectivity index (χ1v) is 35.6. The Bertz CT molecular complexity index is 1380. The van der Waals surface area contributed by atoms with Crippen molar-refractivity contribution in [1.29, 1.82) is 0 Å². The number of rotatable bonds is 66. The molecule has 468 valence electrons. The Morgan fingerprint density at radius 1 is 0.250 bits per heavy atom. The van der Waals surface area contributed by atoms with Crippen molar-refractivity contribution in [3.63, 3.8) is 0 Å². The number of ether oxygens (including phenoxy) is 3. The molecule has 0 aromatic rings. The van der Waals surface area contributed by atoms with E-state index in [1.54, 1.807) is 0 Å². The molecule has 0 saturated heterocycles. The van der Waals surface area contributed by atoms with Gasteiger partial charge in [-0.2, -0.15) is 0 Å². The molecule has 0 spiro atoms. The molecule has 0 bridgehead atoms. The van der Waals surface area contributed by atoms with E-state index in [1.807, 2.05) is 0 Å². The van der Waals surface area contributed by atoms with E-state index in [-0.39, 0.29) is 31.1 Å². The van der Waals surface area contributed by atoms with Gasteiger partial charge in [0.15, 0.2) is 6.10 Å². The fraction of sp³-hybridized carbons (Fsp3) is 0.851. The van der Waals surface area contributed by atoms with Gasteiger partial charge >= 0.3 is 17.9 Å². The standard InChI is InChI=1S/C74H136O6/c1-4-7-10-13-16-19-22-25-28-31-34-36-38-40-43-46-49-52-55-58-61-64-67-73(76)79-70-71(69-78-72(75)66-63-60-57-54-51-48-45-42-39-33-30-27-24-21-18-15-12-9-6-3)80-74(77)68-65-62-59-56-53-50-47-44-41-37-35-32-29-26-23-20-17-14-11-8-5-2/h23,26-27,30,32,35,41,44,71H,4-22,24-25,28-29,31,33-34,36-40,42-43,45-70H2,1-3H3/b26-23-,30-27-,35-32-,44-41-. The van der Waals surface area contributed by atoms with Crippen LogP contribution in [0.2, 0.25) is 0 Å². The Hall–Kier alpha value is -2.63. The van der Waals surface area contributed by atoms with Gasteiger partial charge in [0.25, 0.3) is 0 Å². The number of hydrogen-bond acceptors (Lipinski definition) is 6. The molecular weight excluding hydrogens is 985 g/mol. The SMILES string of the molecule is CCCCCCC/C=C\C/C=C\C/C=C\CCCCCCCCC(=O)OC(COC(=O)CCCCCCCCCCC/C=C\CCCCCCCC)COC(=O)CCCCCCCCCCCCCCCCCCCCCCCC. The monoisotopic (exact) mass is 1120 g/mol. The van der Waals surface area contributed by atoms with Gasteiger partial charge in [-0.15, -0.1) is 0 Å². The van der Waals surface area contributed by atoms with Crippen LogP contribution in [0.5, 0.6) is 0 Å². The van der Waals surface area contributed by atoms with E-state index < -0.39 is 6.10 Å². The lowest BCUT2D eigenvalue weighted by Crippen LogP contribution is -2.30. The summed E-state index contributed by atoms with van der Waals surface area (Å²) in [5, 5.41) is 0. The minimum Gasteiger partial charge on any atom is -0.462 e. The number of allylic oxidation sites excluding steroid dienone is 8. The van der Waals surface area contributed by atoms with Gasteiger partial charge in [0.05, 0.1) is 0 Å². The van der Waals surface area contributed by atoms with E-state index >= 15 is 0 Å². The molecule has 0 radical (unpaired) electrons. The van der Waals surface area contributed by atoms with Crippen molar-refractivity contribution in [2.75, 3.05) is 13.2 Å². The van der Waals surface area contributed by atoms with Gasteiger partial charge in [-0.05, 0) is 83.5 Å². The number of hydrogen-bond donors (Lipinski definition) is 0. The third-order valence-corrected chi connectivity index (χ3v) is 16.1. The summed E-state index contributed by atoms with van der Waals surface area (Å²) < 4.78 is 17.0. The van der Waals surface area contributed by atoms with Crippen molar-refractivity contribution >= 4 is 17.9 Å². The lowest BCUT2D eigenvalue weighted by Gasteiger charge is -2.18. The molecule has 6 heteroatoms. The van der Waals surface area contributed by atoms with Crippen molar-refractivity contribution < 1.29 is 28.6 Å². The zero-order chi connectivity index (χ0) is 57.8. The van der Waals surface area contributed by atoms with E-state index in [0.717, 1.165) is 77.0 Å². The van der Waals surface area contributed by atoms with Crippen LogP contribution in [0.25, 0.3) is 0 Å². The van der Waals surface area contributed by atoms with Crippen LogP contribution in [0, 0.1) is 0 Å². The zero-order valence-corrected chi connectivity index (χ0v) is 53.9. The topological polar surface area (TPSA) is 78.9 Å². The molecule has 80 heavy (non-hydrogen) atoms. The summed E-state index contributed by atoms with van der Waals surface area (Å²) in [6, 6.07) is 0. The van der Waals surface area contributed by atoms with Gasteiger partial charge in [-0.1, -0.05) is 333 Å². The second-order valence-corrected chi connectivity index (χ2v) is 24.1. The molecular formula is C74H136O6. The van der Waals surface area contributed by atoms with E-state index in [1.165, 1.54) is 270 Å². The summed E-state index contributed by atoms with van der Waals surface area (Å²) in [7, 11) is 0. The van der Waals surface area contributed by atoms with Crippen LogP contribution in [-0.2, 0) is 28.6 Å². The number of carbonyl (C=O) groups excluding carboxylic acids is 3. The van der Waals surface area contributed by atoms with Crippen molar-refractivity contribution in [3.05, 3.63) is 48.6 Å². The summed E-state index contributed by atoms with van der Waals surface area (Å²) in [5.74, 6) is -0.862. The maximum atomic E-state index is 13.0. The summed E-state index contributed by atoms with van der Waals surface area (Å²) in [4.78, 5) is 38.5. The summed E-state index contributed by atoms with van der Waals surface area (Å²) in [6.07, 6.45) is 87.0. The van der Waals surface area contributed by atoms with Crippen LogP contribution < -0.4 is 0 Å². The second-order valence-electron chi connectivity index (χ2n) is 24.1. The molecule has 0 fully saturated rings. The molecule has 0 saturated carbocycles. The maximum absolute atomic E-state index is 13.0. The molecule has 0 N–H and O–H groups in total. The van der Waals surface area contributed by atoms with E-state index in [9.17, 15) is 14.4 Å². The Morgan fingerprint density at radius 2 is 0.450 bits per heavy atom. The third kappa shape index (κ3) is 66.2. The first kappa shape index (κ1) is 77.4. The molecule has 0 aromatic heterocycles. The van der Waals surface area contributed by atoms with Crippen LogP contribution in [0.4, 0.5) is 0 Å². The van der Waals surface area contributed by atoms with Gasteiger partial charge in [-0.3, -0.25) is 14.4 Å². The Morgan fingerprint density at radius 3 is 0.713 bits per heavy atom. The highest BCUT2D eigenvalue weighted by Gasteiger charge is 2.19. The van der Waals surface area contributed by atoms with Crippen molar-refractivity contribution in [1.82, 2.24) is 0 Å². The molecule has 1 atom stereocenters. The highest BCUT2D eigenvalue weighted by Crippen LogP contribution is 2.18. The molecule has 0 aliphatic rings. The quantitative estimate of drug-likeness (QED) is 0.0261. The van der Waals surface area contributed by atoms with E-state index in [0.29, 0.717) is 19.3 Å². The van der Waals surface area contributed by atoms with Crippen LogP contribution in [0.3, 0.4) is 0 Å². The Balaban J connectivity index is 4.35. The third-order valence-electron chi connectivity index (χ3n) is 16.1. The van der Waals surface area contributed by atoms with E-state index in [2.05, 4.69) is 69.4 Å². The number of esters is 3. The Labute approximate surface area is 498 Å². The molecule has 6 nitrogen and oxygen atoms in total. The average Bonchev–Trinajstić information content (AvgIpc) is 3.46. The van der Waals surface area contributed by atoms with Gasteiger partial charge in [-0.25, -0.2) is 0 Å². The van der Waals surface area contributed by atoms with Crippen LogP contribution in [0.15, 0.2) is 48.6 Å². The molecule has 0 amide bonds. The number of unbranched alkanes of at least 4 members (excludes halogenated alkanes) is 47. The molecule has 0 rings (SSSR count). The summed E-state index contributed by atoms with van der Waals surface area (Å²) >= 11 is 0. The molecule has 0 aliphatic heterocycles. The predicted octanol–water partition coefficient (Wildman–Crippen LogP) is 24.5. The average molecular weight is 1120 g/mol. The predicted molar refractivity (Wildman–Crippen MR) is 349 cm³/mol. The fourth-order valence-corrected chi connectivity index (χ4v) is 10.7. The van der Waals surface area contributed by atoms with Gasteiger partial charge in [0, 0.05) is 19.3 Å². The highest BCUT2D eigenvalue weighted by atomic mass is 16.6.